The lowest BCUT2D eigenvalue weighted by Gasteiger charge is -2.11. The minimum Gasteiger partial charge on any atom is -0.396 e. The zero-order valence-electron chi connectivity index (χ0n) is 10.8. The van der Waals surface area contributed by atoms with Gasteiger partial charge in [0, 0.05) is 12.8 Å². The normalized spacial score (nSPS) is 17.2. The molecule has 1 aliphatic carbocycles. The highest BCUT2D eigenvalue weighted by atomic mass is 32.2. The number of carbonyl (C=O) groups excluding carboxylic acids is 1. The van der Waals surface area contributed by atoms with E-state index in [-0.39, 0.29) is 20.9 Å². The van der Waals surface area contributed by atoms with E-state index in [1.165, 1.54) is 0 Å². The van der Waals surface area contributed by atoms with Gasteiger partial charge in [-0.1, -0.05) is 6.92 Å². The van der Waals surface area contributed by atoms with E-state index in [1.807, 2.05) is 0 Å². The summed E-state index contributed by atoms with van der Waals surface area (Å²) in [7, 11) is -3.51. The first-order valence-electron chi connectivity index (χ1n) is 5.80. The zero-order valence-corrected chi connectivity index (χ0v) is 12.5. The first-order valence-corrected chi connectivity index (χ1v) is 8.51. The van der Waals surface area contributed by atoms with E-state index >= 15 is 0 Å². The van der Waals surface area contributed by atoms with E-state index in [0.29, 0.717) is 11.5 Å². The van der Waals surface area contributed by atoms with Gasteiger partial charge in [-0.2, -0.15) is 0 Å². The number of primary amides is 1. The van der Waals surface area contributed by atoms with Crippen LogP contribution in [0.1, 0.15) is 29.4 Å². The van der Waals surface area contributed by atoms with Crippen LogP contribution >= 0.6 is 11.3 Å². The Morgan fingerprint density at radius 3 is 2.47 bits per heavy atom. The van der Waals surface area contributed by atoms with Crippen LogP contribution < -0.4 is 16.8 Å². The number of anilines is 2. The van der Waals surface area contributed by atoms with Crippen molar-refractivity contribution in [1.29, 1.82) is 0 Å². The third-order valence-corrected chi connectivity index (χ3v) is 5.75. The van der Waals surface area contributed by atoms with Crippen LogP contribution in [-0.2, 0) is 9.84 Å². The van der Waals surface area contributed by atoms with Crippen molar-refractivity contribution >= 4 is 37.8 Å². The highest BCUT2D eigenvalue weighted by molar-refractivity contribution is 7.91. The molecular formula is C11H17N3O3S2. The predicted molar refractivity (Wildman–Crippen MR) is 76.2 cm³/mol. The Morgan fingerprint density at radius 2 is 2.05 bits per heavy atom. The number of thiophene rings is 1. The molecule has 0 unspecified atom stereocenters. The molecule has 1 fully saturated rings. The number of nitrogen functional groups attached to an aromatic ring is 1. The summed E-state index contributed by atoms with van der Waals surface area (Å²) in [4.78, 5) is 11.3. The molecule has 19 heavy (non-hydrogen) atoms. The summed E-state index contributed by atoms with van der Waals surface area (Å²) in [5.41, 5.74) is 11.1. The summed E-state index contributed by atoms with van der Waals surface area (Å²) in [5, 5.41) is 3.49. The summed E-state index contributed by atoms with van der Waals surface area (Å²) in [6, 6.07) is 0. The average Bonchev–Trinajstić information content (AvgIpc) is 2.87. The van der Waals surface area contributed by atoms with Crippen molar-refractivity contribution in [3.05, 3.63) is 4.88 Å². The summed E-state index contributed by atoms with van der Waals surface area (Å²) in [5.74, 6) is -0.710. The van der Waals surface area contributed by atoms with E-state index in [4.69, 9.17) is 11.5 Å². The third-order valence-electron chi connectivity index (χ3n) is 3.27. The van der Waals surface area contributed by atoms with E-state index in [0.717, 1.165) is 30.4 Å². The Hall–Kier alpha value is -1.28. The molecule has 1 aromatic heterocycles. The fourth-order valence-electron chi connectivity index (χ4n) is 1.78. The second kappa shape index (κ2) is 4.38. The summed E-state index contributed by atoms with van der Waals surface area (Å²) in [6.07, 6.45) is 3.29. The van der Waals surface area contributed by atoms with Crippen molar-refractivity contribution in [2.24, 2.45) is 11.1 Å². The smallest absolute Gasteiger partial charge is 0.261 e. The molecular weight excluding hydrogens is 286 g/mol. The maximum absolute atomic E-state index is 11.8. The lowest BCUT2D eigenvalue weighted by atomic mass is 10.1. The number of amides is 1. The molecule has 0 radical (unpaired) electrons. The molecule has 0 aliphatic heterocycles. The molecule has 2 rings (SSSR count). The topological polar surface area (TPSA) is 115 Å². The van der Waals surface area contributed by atoms with Crippen LogP contribution in [0.25, 0.3) is 0 Å². The van der Waals surface area contributed by atoms with Crippen molar-refractivity contribution in [3.63, 3.8) is 0 Å². The van der Waals surface area contributed by atoms with Gasteiger partial charge < -0.3 is 16.8 Å². The highest BCUT2D eigenvalue weighted by Crippen LogP contribution is 2.46. The molecule has 0 bridgehead atoms. The zero-order chi connectivity index (χ0) is 14.4. The minimum absolute atomic E-state index is 0.0180. The van der Waals surface area contributed by atoms with E-state index in [1.54, 1.807) is 0 Å². The molecule has 1 heterocycles. The van der Waals surface area contributed by atoms with Crippen LogP contribution in [0.2, 0.25) is 0 Å². The molecule has 106 valence electrons. The molecule has 8 heteroatoms. The van der Waals surface area contributed by atoms with Crippen LogP contribution in [0.5, 0.6) is 0 Å². The van der Waals surface area contributed by atoms with Gasteiger partial charge in [0.15, 0.2) is 9.84 Å². The monoisotopic (exact) mass is 303 g/mol. The Kier molecular flexibility index (Phi) is 3.26. The first kappa shape index (κ1) is 14.1. The lowest BCUT2D eigenvalue weighted by molar-refractivity contribution is 0.100. The minimum atomic E-state index is -3.51. The highest BCUT2D eigenvalue weighted by Gasteiger charge is 2.37. The molecule has 1 saturated carbocycles. The molecule has 0 atom stereocenters. The second-order valence-corrected chi connectivity index (χ2v) is 8.28. The van der Waals surface area contributed by atoms with Gasteiger partial charge in [-0.3, -0.25) is 4.79 Å². The van der Waals surface area contributed by atoms with Crippen molar-refractivity contribution in [2.75, 3.05) is 23.9 Å². The number of rotatable bonds is 5. The molecule has 5 N–H and O–H groups in total. The summed E-state index contributed by atoms with van der Waals surface area (Å²) in [6.45, 7) is 2.78. The van der Waals surface area contributed by atoms with Crippen molar-refractivity contribution in [1.82, 2.24) is 0 Å². The Balaban J connectivity index is 2.40. The van der Waals surface area contributed by atoms with Gasteiger partial charge >= 0.3 is 0 Å². The van der Waals surface area contributed by atoms with E-state index < -0.39 is 15.7 Å². The quantitative estimate of drug-likeness (QED) is 0.752. The predicted octanol–water partition coefficient (Wildman–Crippen LogP) is 1.04. The first-order chi connectivity index (χ1) is 8.64. The molecule has 0 aromatic carbocycles. The molecule has 1 amide bonds. The summed E-state index contributed by atoms with van der Waals surface area (Å²) < 4.78 is 23.6. The number of nitrogens with one attached hydrogen (secondary N) is 1. The van der Waals surface area contributed by atoms with Crippen LogP contribution in [0, 0.1) is 5.41 Å². The van der Waals surface area contributed by atoms with Crippen LogP contribution in [-0.4, -0.2) is 27.1 Å². The largest absolute Gasteiger partial charge is 0.396 e. The fourth-order valence-corrected chi connectivity index (χ4v) is 4.20. The van der Waals surface area contributed by atoms with Crippen LogP contribution in [0.15, 0.2) is 4.90 Å². The average molecular weight is 303 g/mol. The standard InChI is InChI=1S/C11H17N3O3S2/c1-11(3-4-11)5-14-10-8(19(2,16)17)6(12)7(18-10)9(13)15/h14H,3-5,12H2,1-2H3,(H2,13,15). The molecule has 0 spiro atoms. The maximum Gasteiger partial charge on any atom is 0.261 e. The molecule has 6 nitrogen and oxygen atoms in total. The van der Waals surface area contributed by atoms with Gasteiger partial charge in [0.1, 0.15) is 14.8 Å². The number of nitrogens with two attached hydrogens (primary N) is 2. The van der Waals surface area contributed by atoms with Gasteiger partial charge in [0.05, 0.1) is 5.69 Å². The SMILES string of the molecule is CC1(CNc2sc(C(N)=O)c(N)c2S(C)(=O)=O)CC1. The van der Waals surface area contributed by atoms with Crippen molar-refractivity contribution < 1.29 is 13.2 Å². The van der Waals surface area contributed by atoms with Crippen LogP contribution in [0.3, 0.4) is 0 Å². The second-order valence-electron chi connectivity index (χ2n) is 5.30. The Morgan fingerprint density at radius 1 is 1.47 bits per heavy atom. The Bertz CT molecular complexity index is 630. The number of carbonyl (C=O) groups is 1. The van der Waals surface area contributed by atoms with Crippen molar-refractivity contribution in [2.45, 2.75) is 24.7 Å². The summed E-state index contributed by atoms with van der Waals surface area (Å²) >= 11 is 1.000. The number of hydrogen-bond acceptors (Lipinski definition) is 6. The van der Waals surface area contributed by atoms with E-state index in [2.05, 4.69) is 12.2 Å². The van der Waals surface area contributed by atoms with Gasteiger partial charge in [-0.25, -0.2) is 8.42 Å². The fraction of sp³-hybridized carbons (Fsp3) is 0.545. The third kappa shape index (κ3) is 2.84. The number of sulfone groups is 1. The molecule has 1 aliphatic rings. The van der Waals surface area contributed by atoms with Crippen LogP contribution in [0.4, 0.5) is 10.7 Å². The van der Waals surface area contributed by atoms with Gasteiger partial charge in [-0.15, -0.1) is 11.3 Å². The van der Waals surface area contributed by atoms with Gasteiger partial charge in [-0.05, 0) is 18.3 Å². The Labute approximate surface area is 116 Å². The van der Waals surface area contributed by atoms with Crippen molar-refractivity contribution in [3.8, 4) is 0 Å². The number of hydrogen-bond donors (Lipinski definition) is 3. The lowest BCUT2D eigenvalue weighted by Crippen LogP contribution is -2.13. The van der Waals surface area contributed by atoms with Gasteiger partial charge in [0.25, 0.3) is 5.91 Å². The maximum atomic E-state index is 11.8. The van der Waals surface area contributed by atoms with E-state index in [9.17, 15) is 13.2 Å². The molecule has 1 aromatic rings. The molecule has 0 saturated heterocycles. The van der Waals surface area contributed by atoms with Gasteiger partial charge in [0.2, 0.25) is 0 Å².